The highest BCUT2D eigenvalue weighted by molar-refractivity contribution is 5.91. The summed E-state index contributed by atoms with van der Waals surface area (Å²) in [5.74, 6) is 0.276. The van der Waals surface area contributed by atoms with Crippen LogP contribution in [-0.2, 0) is 0 Å². The maximum atomic E-state index is 5.23. The summed E-state index contributed by atoms with van der Waals surface area (Å²) in [4.78, 5) is 7.36. The highest BCUT2D eigenvalue weighted by Gasteiger charge is 1.78. The molecule has 0 bridgehead atoms. The third kappa shape index (κ3) is 12.2. The topological polar surface area (TPSA) is 50.7 Å². The van der Waals surface area contributed by atoms with Gasteiger partial charge in [0.2, 0.25) is 5.96 Å². The van der Waals surface area contributed by atoms with Crippen molar-refractivity contribution >= 4 is 12.2 Å². The third-order valence-corrected chi connectivity index (χ3v) is 0.646. The van der Waals surface area contributed by atoms with Gasteiger partial charge >= 0.3 is 0 Å². The third-order valence-electron chi connectivity index (χ3n) is 0.646. The van der Waals surface area contributed by atoms with E-state index in [9.17, 15) is 0 Å². The van der Waals surface area contributed by atoms with Crippen molar-refractivity contribution in [3.8, 4) is 0 Å². The van der Waals surface area contributed by atoms with Crippen LogP contribution >= 0.6 is 0 Å². The lowest BCUT2D eigenvalue weighted by atomic mass is 10.4. The fourth-order valence-corrected chi connectivity index (χ4v) is 0.234. The Labute approximate surface area is 68.7 Å². The second-order valence-electron chi connectivity index (χ2n) is 1.69. The minimum absolute atomic E-state index is 0.276. The van der Waals surface area contributed by atoms with E-state index in [2.05, 4.69) is 16.6 Å². The summed E-state index contributed by atoms with van der Waals surface area (Å²) in [7, 11) is 1.59. The van der Waals surface area contributed by atoms with Crippen LogP contribution in [0.5, 0.6) is 0 Å². The van der Waals surface area contributed by atoms with E-state index in [4.69, 9.17) is 5.73 Å². The van der Waals surface area contributed by atoms with Gasteiger partial charge in [-0.1, -0.05) is 20.4 Å². The van der Waals surface area contributed by atoms with Crippen LogP contribution in [0.4, 0.5) is 0 Å². The molecule has 0 aliphatic heterocycles. The van der Waals surface area contributed by atoms with Crippen LogP contribution in [0.3, 0.4) is 0 Å². The van der Waals surface area contributed by atoms with Gasteiger partial charge in [-0.15, -0.1) is 0 Å². The van der Waals surface area contributed by atoms with Crippen LogP contribution in [0.15, 0.2) is 22.1 Å². The molecule has 64 valence electrons. The Kier molecular flexibility index (Phi) is 10.1. The average Bonchev–Trinajstić information content (AvgIpc) is 2.04. The molecule has 0 amide bonds. The molecule has 2 N–H and O–H groups in total. The Hall–Kier alpha value is -1.12. The van der Waals surface area contributed by atoms with Crippen molar-refractivity contribution < 1.29 is 0 Å². The molecule has 3 nitrogen and oxygen atoms in total. The van der Waals surface area contributed by atoms with Gasteiger partial charge in [0.05, 0.1) is 0 Å². The molecule has 0 rings (SSSR count). The molecule has 0 saturated carbocycles. The van der Waals surface area contributed by atoms with Crippen molar-refractivity contribution in [3.63, 3.8) is 0 Å². The zero-order valence-corrected chi connectivity index (χ0v) is 7.76. The minimum atomic E-state index is 0.276. The Bertz CT molecular complexity index is 157. The number of aliphatic imine (C=N–C) groups is 2. The van der Waals surface area contributed by atoms with E-state index in [-0.39, 0.29) is 5.96 Å². The van der Waals surface area contributed by atoms with Gasteiger partial charge in [-0.05, 0) is 12.5 Å². The Morgan fingerprint density at radius 2 is 1.91 bits per heavy atom. The number of nitrogens with zero attached hydrogens (tertiary/aromatic N) is 2. The van der Waals surface area contributed by atoms with E-state index in [1.54, 1.807) is 13.3 Å². The molecular formula is C8H17N3. The van der Waals surface area contributed by atoms with Crippen LogP contribution in [-0.4, -0.2) is 19.2 Å². The van der Waals surface area contributed by atoms with Gasteiger partial charge in [-0.2, -0.15) is 0 Å². The molecule has 0 aromatic carbocycles. The zero-order chi connectivity index (χ0) is 9.28. The number of guanidine groups is 1. The molecule has 0 aliphatic carbocycles. The molecule has 0 radical (unpaired) electrons. The Morgan fingerprint density at radius 1 is 1.45 bits per heavy atom. The van der Waals surface area contributed by atoms with Gasteiger partial charge in [-0.3, -0.25) is 4.99 Å². The first-order valence-corrected chi connectivity index (χ1v) is 3.58. The van der Waals surface area contributed by atoms with Gasteiger partial charge in [-0.25, -0.2) is 4.99 Å². The van der Waals surface area contributed by atoms with Crippen LogP contribution in [0.1, 0.15) is 20.8 Å². The van der Waals surface area contributed by atoms with E-state index in [1.165, 1.54) is 0 Å². The maximum absolute atomic E-state index is 5.23. The molecule has 0 heterocycles. The molecule has 0 aromatic rings. The summed E-state index contributed by atoms with van der Waals surface area (Å²) < 4.78 is 0. The maximum Gasteiger partial charge on any atom is 0.214 e. The molecule has 3 heteroatoms. The smallest absolute Gasteiger partial charge is 0.214 e. The van der Waals surface area contributed by atoms with Crippen molar-refractivity contribution in [2.75, 3.05) is 7.05 Å². The average molecular weight is 155 g/mol. The number of allylic oxidation sites excluding steroid dienone is 1. The summed E-state index contributed by atoms with van der Waals surface area (Å²) in [6.07, 6.45) is 1.57. The molecule has 0 saturated heterocycles. The van der Waals surface area contributed by atoms with Gasteiger partial charge in [0, 0.05) is 13.3 Å². The fourth-order valence-electron chi connectivity index (χ4n) is 0.234. The van der Waals surface area contributed by atoms with Gasteiger partial charge in [0.15, 0.2) is 0 Å². The Balaban J connectivity index is 0. The first-order valence-electron chi connectivity index (χ1n) is 3.58. The SMILES string of the molecule is C=C(C)/C=N\C(N)=NC.CC. The van der Waals surface area contributed by atoms with Gasteiger partial charge in [0.25, 0.3) is 0 Å². The lowest BCUT2D eigenvalue weighted by Crippen LogP contribution is -2.07. The normalized spacial score (nSPS) is 10.7. The zero-order valence-electron chi connectivity index (χ0n) is 7.76. The summed E-state index contributed by atoms with van der Waals surface area (Å²) >= 11 is 0. The largest absolute Gasteiger partial charge is 0.368 e. The predicted octanol–water partition coefficient (Wildman–Crippen LogP) is 1.60. The lowest BCUT2D eigenvalue weighted by Gasteiger charge is -1.86. The number of rotatable bonds is 1. The number of nitrogens with two attached hydrogens (primary N) is 1. The molecular weight excluding hydrogens is 138 g/mol. The van der Waals surface area contributed by atoms with Gasteiger partial charge < -0.3 is 5.73 Å². The molecule has 0 fully saturated rings. The quantitative estimate of drug-likeness (QED) is 0.454. The van der Waals surface area contributed by atoms with E-state index in [0.29, 0.717) is 0 Å². The minimum Gasteiger partial charge on any atom is -0.368 e. The van der Waals surface area contributed by atoms with E-state index < -0.39 is 0 Å². The molecule has 0 spiro atoms. The summed E-state index contributed by atoms with van der Waals surface area (Å²) in [5.41, 5.74) is 6.09. The first-order chi connectivity index (χ1) is 5.16. The highest BCUT2D eigenvalue weighted by Crippen LogP contribution is 1.78. The predicted molar refractivity (Wildman–Crippen MR) is 52.2 cm³/mol. The number of hydrogen-bond donors (Lipinski definition) is 1. The van der Waals surface area contributed by atoms with Crippen LogP contribution < -0.4 is 5.73 Å². The van der Waals surface area contributed by atoms with Crippen molar-refractivity contribution in [3.05, 3.63) is 12.2 Å². The monoisotopic (exact) mass is 155 g/mol. The molecule has 0 aliphatic rings. The standard InChI is InChI=1S/C6H11N3.C2H6/c1-5(2)4-9-6(7)8-3;1-2/h4H,1H2,2-3H3,(H2,7,8);1-2H3/b9-4-;. The lowest BCUT2D eigenvalue weighted by molar-refractivity contribution is 1.36. The van der Waals surface area contributed by atoms with Crippen molar-refractivity contribution in [1.29, 1.82) is 0 Å². The van der Waals surface area contributed by atoms with E-state index in [0.717, 1.165) is 5.57 Å². The second kappa shape index (κ2) is 8.88. The summed E-state index contributed by atoms with van der Waals surface area (Å²) in [6, 6.07) is 0. The molecule has 0 unspecified atom stereocenters. The molecule has 0 atom stereocenters. The van der Waals surface area contributed by atoms with Crippen molar-refractivity contribution in [1.82, 2.24) is 0 Å². The second-order valence-corrected chi connectivity index (χ2v) is 1.69. The van der Waals surface area contributed by atoms with E-state index in [1.807, 2.05) is 20.8 Å². The van der Waals surface area contributed by atoms with Crippen molar-refractivity contribution in [2.24, 2.45) is 15.7 Å². The van der Waals surface area contributed by atoms with Gasteiger partial charge in [0.1, 0.15) is 0 Å². The molecule has 0 aromatic heterocycles. The highest BCUT2D eigenvalue weighted by atomic mass is 15.0. The Morgan fingerprint density at radius 3 is 2.18 bits per heavy atom. The fraction of sp³-hybridized carbons (Fsp3) is 0.500. The van der Waals surface area contributed by atoms with E-state index >= 15 is 0 Å². The van der Waals surface area contributed by atoms with Crippen molar-refractivity contribution in [2.45, 2.75) is 20.8 Å². The summed E-state index contributed by atoms with van der Waals surface area (Å²) in [5, 5.41) is 0. The summed E-state index contributed by atoms with van der Waals surface area (Å²) in [6.45, 7) is 9.44. The number of hydrogen-bond acceptors (Lipinski definition) is 1. The van der Waals surface area contributed by atoms with Crippen LogP contribution in [0.2, 0.25) is 0 Å². The van der Waals surface area contributed by atoms with Crippen LogP contribution in [0.25, 0.3) is 0 Å². The molecule has 11 heavy (non-hydrogen) atoms. The first kappa shape index (κ1) is 12.5. The van der Waals surface area contributed by atoms with Crippen LogP contribution in [0, 0.1) is 0 Å².